The molecule has 0 fully saturated rings. The zero-order valence-electron chi connectivity index (χ0n) is 12.4. The summed E-state index contributed by atoms with van der Waals surface area (Å²) >= 11 is 0. The smallest absolute Gasteiger partial charge is 0.318 e. The molecule has 0 amide bonds. The van der Waals surface area contributed by atoms with E-state index in [1.165, 1.54) is 0 Å². The van der Waals surface area contributed by atoms with E-state index in [1.54, 1.807) is 6.20 Å². The minimum atomic E-state index is -0.376. The molecule has 21 heavy (non-hydrogen) atoms. The number of nitrogens with zero attached hydrogens (tertiary/aromatic N) is 1. The molecule has 2 rings (SSSR count). The lowest BCUT2D eigenvalue weighted by Crippen LogP contribution is -2.32. The largest absolute Gasteiger partial charge is 0.455 e. The Morgan fingerprint density at radius 1 is 1.33 bits per heavy atom. The van der Waals surface area contributed by atoms with Gasteiger partial charge < -0.3 is 9.47 Å². The van der Waals surface area contributed by atoms with Crippen LogP contribution in [0.5, 0.6) is 0 Å². The van der Waals surface area contributed by atoms with E-state index in [9.17, 15) is 4.79 Å². The monoisotopic (exact) mass is 289 g/mol. The van der Waals surface area contributed by atoms with Crippen molar-refractivity contribution in [3.05, 3.63) is 54.1 Å². The van der Waals surface area contributed by atoms with E-state index in [0.717, 1.165) is 11.4 Å². The molecular weight excluding hydrogens is 268 g/mol. The first-order valence-corrected chi connectivity index (χ1v) is 7.04. The van der Waals surface area contributed by atoms with E-state index in [0.29, 0.717) is 13.2 Å². The van der Waals surface area contributed by atoms with Crippen molar-refractivity contribution in [1.29, 1.82) is 0 Å². The predicted molar refractivity (Wildman–Crippen MR) is 77.4 cm³/mol. The Bertz CT molecular complexity index is 566. The van der Waals surface area contributed by atoms with E-state index in [1.807, 2.05) is 55.1 Å². The fourth-order valence-electron chi connectivity index (χ4n) is 2.04. The van der Waals surface area contributed by atoms with E-state index in [-0.39, 0.29) is 18.5 Å². The van der Waals surface area contributed by atoms with Crippen LogP contribution in [0.15, 0.2) is 42.7 Å². The summed E-state index contributed by atoms with van der Waals surface area (Å²) in [6, 6.07) is 9.65. The van der Waals surface area contributed by atoms with Crippen molar-refractivity contribution in [2.24, 2.45) is 7.05 Å². The number of nitrogens with one attached hydrogen (secondary N) is 1. The summed E-state index contributed by atoms with van der Waals surface area (Å²) in [5.41, 5.74) is 0.940. The molecule has 112 valence electrons. The molecule has 1 aromatic carbocycles. The van der Waals surface area contributed by atoms with Gasteiger partial charge in [0.2, 0.25) is 0 Å². The first-order chi connectivity index (χ1) is 10.2. The minimum absolute atomic E-state index is 0.207. The van der Waals surface area contributed by atoms with E-state index < -0.39 is 0 Å². The summed E-state index contributed by atoms with van der Waals surface area (Å²) in [6.45, 7) is 2.87. The summed E-state index contributed by atoms with van der Waals surface area (Å²) in [5, 5.41) is 0. The lowest BCUT2D eigenvalue weighted by molar-refractivity contribution is -0.677. The molecule has 0 unspecified atom stereocenters. The number of aromatic nitrogens is 2. The number of H-pyrrole nitrogens is 1. The van der Waals surface area contributed by atoms with Gasteiger partial charge in [-0.1, -0.05) is 30.3 Å². The van der Waals surface area contributed by atoms with Crippen LogP contribution >= 0.6 is 0 Å². The fraction of sp³-hybridized carbons (Fsp3) is 0.375. The molecule has 0 aliphatic heterocycles. The zero-order chi connectivity index (χ0) is 15.1. The van der Waals surface area contributed by atoms with Gasteiger partial charge in [-0.25, -0.2) is 9.55 Å². The van der Waals surface area contributed by atoms with E-state index in [4.69, 9.17) is 9.47 Å². The quantitative estimate of drug-likeness (QED) is 0.623. The van der Waals surface area contributed by atoms with Crippen LogP contribution in [-0.2, 0) is 27.7 Å². The van der Waals surface area contributed by atoms with E-state index >= 15 is 0 Å². The maximum atomic E-state index is 12.1. The lowest BCUT2D eigenvalue weighted by atomic mass is 10.1. The summed E-state index contributed by atoms with van der Waals surface area (Å²) in [5.74, 6) is 0.532. The molecule has 5 heteroatoms. The van der Waals surface area contributed by atoms with Gasteiger partial charge in [-0.05, 0) is 12.5 Å². The molecule has 0 aliphatic carbocycles. The highest BCUT2D eigenvalue weighted by molar-refractivity contribution is 5.71. The number of aromatic amines is 1. The molecule has 0 radical (unpaired) electrons. The third-order valence-electron chi connectivity index (χ3n) is 3.20. The molecule has 1 heterocycles. The number of hydrogen-bond donors (Lipinski definition) is 1. The molecule has 5 nitrogen and oxygen atoms in total. The van der Waals surface area contributed by atoms with Crippen molar-refractivity contribution in [3.63, 3.8) is 0 Å². The Hall–Kier alpha value is -2.14. The van der Waals surface area contributed by atoms with Crippen LogP contribution in [0.3, 0.4) is 0 Å². The highest BCUT2D eigenvalue weighted by atomic mass is 16.6. The third-order valence-corrected chi connectivity index (χ3v) is 3.20. The van der Waals surface area contributed by atoms with Crippen LogP contribution in [0, 0.1) is 0 Å². The van der Waals surface area contributed by atoms with Gasteiger partial charge in [0.25, 0.3) is 5.82 Å². The summed E-state index contributed by atoms with van der Waals surface area (Å²) < 4.78 is 12.9. The third kappa shape index (κ3) is 4.43. The molecule has 0 bridgehead atoms. The number of aryl methyl sites for hydroxylation is 1. The van der Waals surface area contributed by atoms with Crippen molar-refractivity contribution in [3.8, 4) is 0 Å². The first-order valence-electron chi connectivity index (χ1n) is 7.04. The minimum Gasteiger partial charge on any atom is -0.455 e. The van der Waals surface area contributed by atoms with Gasteiger partial charge in [-0.3, -0.25) is 4.79 Å². The molecule has 2 aromatic rings. The van der Waals surface area contributed by atoms with Gasteiger partial charge in [0, 0.05) is 6.61 Å². The van der Waals surface area contributed by atoms with Gasteiger partial charge in [-0.2, -0.15) is 0 Å². The molecular formula is C16H21N2O3+. The SMILES string of the molecule is CCOC[C@H](OC(=O)Cc1[nH]cc[n+]1C)c1ccccc1. The standard InChI is InChI=1S/C16H20N2O3/c1-3-20-12-14(13-7-5-4-6-8-13)21-16(19)11-15-17-9-10-18(15)2/h4-10,14H,3,11-12H2,1-2H3/p+1/t14-/m0/s1. The molecule has 0 saturated heterocycles. The maximum absolute atomic E-state index is 12.1. The van der Waals surface area contributed by atoms with Crippen LogP contribution in [0.25, 0.3) is 0 Å². The number of esters is 1. The van der Waals surface area contributed by atoms with Gasteiger partial charge >= 0.3 is 5.97 Å². The van der Waals surface area contributed by atoms with Crippen LogP contribution in [0.2, 0.25) is 0 Å². The molecule has 1 N–H and O–H groups in total. The van der Waals surface area contributed by atoms with Crippen LogP contribution in [0.1, 0.15) is 24.4 Å². The second-order valence-corrected chi connectivity index (χ2v) is 4.74. The Kier molecular flexibility index (Phi) is 5.51. The number of carbonyl (C=O) groups is 1. The average Bonchev–Trinajstić information content (AvgIpc) is 2.89. The molecule has 1 aromatic heterocycles. The molecule has 0 aliphatic rings. The second-order valence-electron chi connectivity index (χ2n) is 4.74. The molecule has 0 saturated carbocycles. The maximum Gasteiger partial charge on any atom is 0.318 e. The number of rotatable bonds is 7. The topological polar surface area (TPSA) is 55.2 Å². The average molecular weight is 289 g/mol. The number of hydrogen-bond acceptors (Lipinski definition) is 3. The number of benzene rings is 1. The Labute approximate surface area is 124 Å². The fourth-order valence-corrected chi connectivity index (χ4v) is 2.04. The van der Waals surface area contributed by atoms with Crippen molar-refractivity contribution in [2.75, 3.05) is 13.2 Å². The van der Waals surface area contributed by atoms with Crippen molar-refractivity contribution < 1.29 is 18.8 Å². The highest BCUT2D eigenvalue weighted by Gasteiger charge is 2.20. The zero-order valence-corrected chi connectivity index (χ0v) is 12.4. The Morgan fingerprint density at radius 3 is 2.71 bits per heavy atom. The summed E-state index contributed by atoms with van der Waals surface area (Å²) in [7, 11) is 1.88. The first kappa shape index (κ1) is 15.3. The Morgan fingerprint density at radius 2 is 2.10 bits per heavy atom. The van der Waals surface area contributed by atoms with Gasteiger partial charge in [0.15, 0.2) is 6.10 Å². The van der Waals surface area contributed by atoms with E-state index in [2.05, 4.69) is 4.98 Å². The normalized spacial score (nSPS) is 12.1. The van der Waals surface area contributed by atoms with Crippen molar-refractivity contribution in [1.82, 2.24) is 4.98 Å². The van der Waals surface area contributed by atoms with Crippen molar-refractivity contribution in [2.45, 2.75) is 19.4 Å². The summed E-state index contributed by atoms with van der Waals surface area (Å²) in [4.78, 5) is 15.1. The highest BCUT2D eigenvalue weighted by Crippen LogP contribution is 2.18. The van der Waals surface area contributed by atoms with Crippen LogP contribution in [-0.4, -0.2) is 24.2 Å². The number of carbonyl (C=O) groups excluding carboxylic acids is 1. The predicted octanol–water partition coefficient (Wildman–Crippen LogP) is 1.70. The number of ether oxygens (including phenoxy) is 2. The van der Waals surface area contributed by atoms with Crippen molar-refractivity contribution >= 4 is 5.97 Å². The van der Waals surface area contributed by atoms with Gasteiger partial charge in [0.05, 0.1) is 13.7 Å². The van der Waals surface area contributed by atoms with Crippen LogP contribution < -0.4 is 4.57 Å². The summed E-state index contributed by atoms with van der Waals surface area (Å²) in [6.07, 6.45) is 3.48. The van der Waals surface area contributed by atoms with Gasteiger partial charge in [-0.15, -0.1) is 0 Å². The van der Waals surface area contributed by atoms with Gasteiger partial charge in [0.1, 0.15) is 18.8 Å². The lowest BCUT2D eigenvalue weighted by Gasteiger charge is -2.17. The molecule has 1 atom stereocenters. The number of imidazole rings is 1. The second kappa shape index (κ2) is 7.59. The van der Waals surface area contributed by atoms with Crippen LogP contribution in [0.4, 0.5) is 0 Å². The molecule has 0 spiro atoms. The Balaban J connectivity index is 2.01.